The predicted molar refractivity (Wildman–Crippen MR) is 84.3 cm³/mol. The number of fused-ring (bicyclic) bond motifs is 2. The van der Waals surface area contributed by atoms with Gasteiger partial charge in [-0.1, -0.05) is 12.1 Å². The molecule has 2 aromatic heterocycles. The molecule has 0 saturated carbocycles. The van der Waals surface area contributed by atoms with Crippen LogP contribution in [0.2, 0.25) is 0 Å². The molecule has 0 saturated heterocycles. The van der Waals surface area contributed by atoms with Crippen LogP contribution in [-0.2, 0) is 0 Å². The number of hydrogen-bond acceptors (Lipinski definition) is 4. The normalized spacial score (nSPS) is 11.2. The Hall–Kier alpha value is -3.02. The Kier molecular flexibility index (Phi) is 2.75. The van der Waals surface area contributed by atoms with Gasteiger partial charge in [0.05, 0.1) is 25.3 Å². The Morgan fingerprint density at radius 3 is 1.59 bits per heavy atom. The van der Waals surface area contributed by atoms with E-state index in [2.05, 4.69) is 19.9 Å². The number of benzene rings is 2. The van der Waals surface area contributed by atoms with E-state index in [1.807, 2.05) is 36.4 Å². The Labute approximate surface area is 126 Å². The van der Waals surface area contributed by atoms with E-state index >= 15 is 0 Å². The molecule has 0 unspecified atom stereocenters. The number of nitrogens with zero attached hydrogens (tertiary/aromatic N) is 2. The second-order valence-electron chi connectivity index (χ2n) is 4.88. The number of aromatic amines is 2. The maximum absolute atomic E-state index is 5.34. The minimum Gasteiger partial charge on any atom is -0.494 e. The molecule has 2 heterocycles. The molecule has 2 aromatic carbocycles. The third kappa shape index (κ3) is 1.81. The molecular weight excluding hydrogens is 280 g/mol. The minimum absolute atomic E-state index is 0.665. The fraction of sp³-hybridized carbons (Fsp3) is 0.125. The van der Waals surface area contributed by atoms with Crippen LogP contribution >= 0.6 is 0 Å². The Morgan fingerprint density at radius 2 is 1.18 bits per heavy atom. The van der Waals surface area contributed by atoms with Gasteiger partial charge in [0.25, 0.3) is 0 Å². The van der Waals surface area contributed by atoms with E-state index in [0.29, 0.717) is 11.6 Å². The molecule has 0 fully saturated rings. The van der Waals surface area contributed by atoms with Crippen molar-refractivity contribution in [3.63, 3.8) is 0 Å². The summed E-state index contributed by atoms with van der Waals surface area (Å²) >= 11 is 0. The van der Waals surface area contributed by atoms with Crippen molar-refractivity contribution in [2.45, 2.75) is 0 Å². The van der Waals surface area contributed by atoms with Crippen LogP contribution in [0.5, 0.6) is 11.5 Å². The van der Waals surface area contributed by atoms with E-state index in [1.165, 1.54) is 0 Å². The number of imidazole rings is 2. The fourth-order valence-electron chi connectivity index (χ4n) is 2.57. The van der Waals surface area contributed by atoms with Gasteiger partial charge < -0.3 is 19.4 Å². The van der Waals surface area contributed by atoms with Crippen LogP contribution in [0.25, 0.3) is 33.7 Å². The van der Waals surface area contributed by atoms with Crippen LogP contribution in [0.3, 0.4) is 0 Å². The molecule has 0 radical (unpaired) electrons. The Morgan fingerprint density at radius 1 is 0.727 bits per heavy atom. The third-order valence-electron chi connectivity index (χ3n) is 3.62. The van der Waals surface area contributed by atoms with Crippen LogP contribution in [-0.4, -0.2) is 34.2 Å². The highest BCUT2D eigenvalue weighted by atomic mass is 16.5. The van der Waals surface area contributed by atoms with Gasteiger partial charge in [-0.3, -0.25) is 0 Å². The van der Waals surface area contributed by atoms with Crippen molar-refractivity contribution >= 4 is 22.1 Å². The lowest BCUT2D eigenvalue weighted by atomic mass is 10.3. The first kappa shape index (κ1) is 12.7. The number of para-hydroxylation sites is 2. The summed E-state index contributed by atoms with van der Waals surface area (Å²) in [5, 5.41) is 0. The highest BCUT2D eigenvalue weighted by molar-refractivity contribution is 5.87. The summed E-state index contributed by atoms with van der Waals surface area (Å²) < 4.78 is 10.7. The van der Waals surface area contributed by atoms with Crippen molar-refractivity contribution < 1.29 is 9.47 Å². The highest BCUT2D eigenvalue weighted by Crippen LogP contribution is 2.29. The van der Waals surface area contributed by atoms with Gasteiger partial charge in [-0.2, -0.15) is 0 Å². The number of aromatic nitrogens is 4. The molecule has 0 aliphatic rings. The molecule has 6 heteroatoms. The van der Waals surface area contributed by atoms with Gasteiger partial charge in [0, 0.05) is 0 Å². The molecule has 0 aliphatic heterocycles. The summed E-state index contributed by atoms with van der Waals surface area (Å²) in [6, 6.07) is 11.5. The number of H-pyrrole nitrogens is 2. The molecule has 22 heavy (non-hydrogen) atoms. The van der Waals surface area contributed by atoms with Crippen molar-refractivity contribution in [3.05, 3.63) is 36.4 Å². The fourth-order valence-corrected chi connectivity index (χ4v) is 2.57. The smallest absolute Gasteiger partial charge is 0.174 e. The summed E-state index contributed by atoms with van der Waals surface area (Å²) in [6.45, 7) is 0. The molecule has 0 aliphatic carbocycles. The molecule has 4 rings (SSSR count). The Balaban J connectivity index is 1.91. The van der Waals surface area contributed by atoms with Crippen molar-refractivity contribution in [2.24, 2.45) is 0 Å². The first-order valence-electron chi connectivity index (χ1n) is 6.86. The maximum atomic E-state index is 5.34. The largest absolute Gasteiger partial charge is 0.494 e. The summed E-state index contributed by atoms with van der Waals surface area (Å²) in [6.07, 6.45) is 0. The molecule has 0 spiro atoms. The number of rotatable bonds is 3. The summed E-state index contributed by atoms with van der Waals surface area (Å²) in [5.41, 5.74) is 3.38. The molecule has 0 bridgehead atoms. The van der Waals surface area contributed by atoms with E-state index in [4.69, 9.17) is 9.47 Å². The van der Waals surface area contributed by atoms with Gasteiger partial charge in [-0.05, 0) is 24.3 Å². The standard InChI is InChI=1S/C16H14N4O2/c1-21-11-7-3-5-9-13(11)19-15(17-9)16-18-10-6-4-8-12(22-2)14(10)20-16/h3-8H,1-2H3,(H,17,19)(H,18,20). The minimum atomic E-state index is 0.665. The first-order valence-corrected chi connectivity index (χ1v) is 6.86. The number of ether oxygens (including phenoxy) is 2. The second kappa shape index (κ2) is 4.77. The number of hydrogen-bond donors (Lipinski definition) is 2. The lowest BCUT2D eigenvalue weighted by Gasteiger charge is -1.97. The van der Waals surface area contributed by atoms with Crippen molar-refractivity contribution in [2.75, 3.05) is 14.2 Å². The van der Waals surface area contributed by atoms with Crippen LogP contribution in [0.15, 0.2) is 36.4 Å². The maximum Gasteiger partial charge on any atom is 0.174 e. The quantitative estimate of drug-likeness (QED) is 0.608. The zero-order chi connectivity index (χ0) is 15.1. The van der Waals surface area contributed by atoms with E-state index in [-0.39, 0.29) is 0 Å². The number of nitrogens with one attached hydrogen (secondary N) is 2. The third-order valence-corrected chi connectivity index (χ3v) is 3.62. The molecule has 6 nitrogen and oxygen atoms in total. The SMILES string of the molecule is COc1cccc2[nH]c(-c3nc4c(OC)cccc4[nH]3)nc12. The molecule has 110 valence electrons. The van der Waals surface area contributed by atoms with Crippen LogP contribution in [0.4, 0.5) is 0 Å². The van der Waals surface area contributed by atoms with Gasteiger partial charge in [-0.25, -0.2) is 9.97 Å². The van der Waals surface area contributed by atoms with Crippen molar-refractivity contribution in [1.29, 1.82) is 0 Å². The van der Waals surface area contributed by atoms with Gasteiger partial charge >= 0.3 is 0 Å². The topological polar surface area (TPSA) is 75.8 Å². The van der Waals surface area contributed by atoms with E-state index in [0.717, 1.165) is 33.6 Å². The van der Waals surface area contributed by atoms with Crippen LogP contribution in [0.1, 0.15) is 0 Å². The molecule has 0 amide bonds. The zero-order valence-corrected chi connectivity index (χ0v) is 12.2. The van der Waals surface area contributed by atoms with E-state index < -0.39 is 0 Å². The number of methoxy groups -OCH3 is 2. The van der Waals surface area contributed by atoms with Crippen molar-refractivity contribution in [1.82, 2.24) is 19.9 Å². The average molecular weight is 294 g/mol. The second-order valence-corrected chi connectivity index (χ2v) is 4.88. The van der Waals surface area contributed by atoms with Crippen LogP contribution in [0, 0.1) is 0 Å². The lowest BCUT2D eigenvalue weighted by molar-refractivity contribution is 0.419. The Bertz CT molecular complexity index is 891. The van der Waals surface area contributed by atoms with Gasteiger partial charge in [0.1, 0.15) is 22.5 Å². The summed E-state index contributed by atoms with van der Waals surface area (Å²) in [5.74, 6) is 2.79. The first-order chi connectivity index (χ1) is 10.8. The molecule has 0 atom stereocenters. The molecule has 2 N–H and O–H groups in total. The van der Waals surface area contributed by atoms with Gasteiger partial charge in [-0.15, -0.1) is 0 Å². The van der Waals surface area contributed by atoms with Crippen LogP contribution < -0.4 is 9.47 Å². The average Bonchev–Trinajstić information content (AvgIpc) is 3.17. The predicted octanol–water partition coefficient (Wildman–Crippen LogP) is 3.12. The summed E-state index contributed by atoms with van der Waals surface area (Å²) in [7, 11) is 3.27. The monoisotopic (exact) mass is 294 g/mol. The lowest BCUT2D eigenvalue weighted by Crippen LogP contribution is -1.85. The van der Waals surface area contributed by atoms with Gasteiger partial charge in [0.15, 0.2) is 11.6 Å². The highest BCUT2D eigenvalue weighted by Gasteiger charge is 2.14. The van der Waals surface area contributed by atoms with E-state index in [1.54, 1.807) is 14.2 Å². The molecule has 4 aromatic rings. The van der Waals surface area contributed by atoms with E-state index in [9.17, 15) is 0 Å². The summed E-state index contributed by atoms with van der Waals surface area (Å²) in [4.78, 5) is 15.7. The van der Waals surface area contributed by atoms with Crippen molar-refractivity contribution in [3.8, 4) is 23.1 Å². The molecular formula is C16H14N4O2. The zero-order valence-electron chi connectivity index (χ0n) is 12.2. The van der Waals surface area contributed by atoms with Gasteiger partial charge in [0.2, 0.25) is 0 Å².